The van der Waals surface area contributed by atoms with Gasteiger partial charge in [-0.3, -0.25) is 4.79 Å². The lowest BCUT2D eigenvalue weighted by Crippen LogP contribution is -2.39. The van der Waals surface area contributed by atoms with Gasteiger partial charge in [0, 0.05) is 18.0 Å². The number of nitrogens with one attached hydrogen (secondary N) is 1. The van der Waals surface area contributed by atoms with Crippen molar-refractivity contribution in [1.29, 1.82) is 0 Å². The second-order valence-electron chi connectivity index (χ2n) is 6.65. The number of halogens is 3. The fourth-order valence-corrected chi connectivity index (χ4v) is 3.35. The monoisotopic (exact) mass is 366 g/mol. The first kappa shape index (κ1) is 19.8. The number of nitrogens with zero attached hydrogens (tertiary/aromatic N) is 3. The molecule has 0 saturated heterocycles. The molecule has 1 amide bonds. The number of benzene rings is 1. The van der Waals surface area contributed by atoms with E-state index >= 15 is 0 Å². The minimum absolute atomic E-state index is 0.0350. The Morgan fingerprint density at radius 2 is 2.19 bits per heavy atom. The summed E-state index contributed by atoms with van der Waals surface area (Å²) >= 11 is 0. The van der Waals surface area contributed by atoms with Crippen molar-refractivity contribution in [1.82, 2.24) is 5.32 Å². The quantitative estimate of drug-likeness (QED) is 0.234. The number of hydrogen-bond acceptors (Lipinski definition) is 2. The van der Waals surface area contributed by atoms with E-state index in [0.29, 0.717) is 37.8 Å². The standard InChI is InChI=1S/C18H21F3N4O/c1-13-6-8-17(11-13,7-3-9-24-25-22)16(26)23-12-14-4-2-5-15(10-14)18(19,20)21/h2,4-5,10H,1,3,6-9,11-12H2,(H,23,26). The molecule has 0 aromatic heterocycles. The van der Waals surface area contributed by atoms with Gasteiger partial charge in [0.1, 0.15) is 0 Å². The van der Waals surface area contributed by atoms with Gasteiger partial charge in [-0.25, -0.2) is 0 Å². The van der Waals surface area contributed by atoms with Crippen molar-refractivity contribution in [3.63, 3.8) is 0 Å². The van der Waals surface area contributed by atoms with Gasteiger partial charge in [0.15, 0.2) is 0 Å². The Morgan fingerprint density at radius 3 is 2.81 bits per heavy atom. The Balaban J connectivity index is 2.03. The van der Waals surface area contributed by atoms with Gasteiger partial charge in [0.05, 0.1) is 11.0 Å². The zero-order valence-corrected chi connectivity index (χ0v) is 14.4. The number of carbonyl (C=O) groups excluding carboxylic acids is 1. The van der Waals surface area contributed by atoms with Crippen molar-refractivity contribution in [3.8, 4) is 0 Å². The van der Waals surface area contributed by atoms with Crippen LogP contribution in [0.25, 0.3) is 10.4 Å². The zero-order valence-electron chi connectivity index (χ0n) is 14.4. The smallest absolute Gasteiger partial charge is 0.352 e. The first-order valence-electron chi connectivity index (χ1n) is 8.39. The first-order chi connectivity index (χ1) is 12.3. The van der Waals surface area contributed by atoms with Crippen LogP contribution in [0.4, 0.5) is 13.2 Å². The van der Waals surface area contributed by atoms with E-state index in [9.17, 15) is 18.0 Å². The van der Waals surface area contributed by atoms with Crippen LogP contribution in [0.3, 0.4) is 0 Å². The molecule has 1 saturated carbocycles. The molecule has 1 aliphatic carbocycles. The molecule has 0 bridgehead atoms. The molecule has 0 heterocycles. The van der Waals surface area contributed by atoms with Crippen LogP contribution < -0.4 is 5.32 Å². The summed E-state index contributed by atoms with van der Waals surface area (Å²) in [5.74, 6) is -0.186. The fourth-order valence-electron chi connectivity index (χ4n) is 3.35. The largest absolute Gasteiger partial charge is 0.416 e. The molecule has 1 fully saturated rings. The second kappa shape index (κ2) is 8.27. The molecule has 8 heteroatoms. The van der Waals surface area contributed by atoms with Crippen LogP contribution in [0.5, 0.6) is 0 Å². The van der Waals surface area contributed by atoms with Crippen molar-refractivity contribution in [2.45, 2.75) is 44.8 Å². The van der Waals surface area contributed by atoms with Crippen molar-refractivity contribution in [2.24, 2.45) is 10.5 Å². The minimum atomic E-state index is -4.41. The van der Waals surface area contributed by atoms with Crippen LogP contribution in [0.15, 0.2) is 41.5 Å². The number of hydrogen-bond donors (Lipinski definition) is 1. The highest BCUT2D eigenvalue weighted by Gasteiger charge is 2.41. The van der Waals surface area contributed by atoms with Crippen LogP contribution in [0.2, 0.25) is 0 Å². The Bertz CT molecular complexity index is 725. The number of alkyl halides is 3. The van der Waals surface area contributed by atoms with Gasteiger partial charge in [-0.15, -0.1) is 0 Å². The highest BCUT2D eigenvalue weighted by Crippen LogP contribution is 2.44. The lowest BCUT2D eigenvalue weighted by molar-refractivity contribution is -0.137. The molecule has 1 N–H and O–H groups in total. The third-order valence-corrected chi connectivity index (χ3v) is 4.71. The number of allylic oxidation sites excluding steroid dienone is 1. The molecular formula is C18H21F3N4O. The molecule has 0 aliphatic heterocycles. The van der Waals surface area contributed by atoms with Gasteiger partial charge in [0.2, 0.25) is 5.91 Å². The third-order valence-electron chi connectivity index (χ3n) is 4.71. The topological polar surface area (TPSA) is 77.9 Å². The maximum absolute atomic E-state index is 12.8. The summed E-state index contributed by atoms with van der Waals surface area (Å²) in [6.07, 6.45) is -1.33. The maximum atomic E-state index is 12.8. The van der Waals surface area contributed by atoms with E-state index in [1.807, 2.05) is 0 Å². The molecule has 1 aromatic rings. The molecule has 26 heavy (non-hydrogen) atoms. The molecule has 1 unspecified atom stereocenters. The van der Waals surface area contributed by atoms with Gasteiger partial charge >= 0.3 is 6.18 Å². The summed E-state index contributed by atoms with van der Waals surface area (Å²) in [6.45, 7) is 4.29. The average molecular weight is 366 g/mol. The van der Waals surface area contributed by atoms with E-state index in [4.69, 9.17) is 5.53 Å². The average Bonchev–Trinajstić information content (AvgIpc) is 2.98. The minimum Gasteiger partial charge on any atom is -0.352 e. The molecule has 1 atom stereocenters. The number of rotatable bonds is 7. The lowest BCUT2D eigenvalue weighted by Gasteiger charge is -2.27. The zero-order chi connectivity index (χ0) is 19.2. The van der Waals surface area contributed by atoms with E-state index in [0.717, 1.165) is 24.1 Å². The van der Waals surface area contributed by atoms with E-state index in [1.165, 1.54) is 6.07 Å². The summed E-state index contributed by atoms with van der Waals surface area (Å²) in [5, 5.41) is 6.26. The van der Waals surface area contributed by atoms with Gasteiger partial charge in [-0.05, 0) is 55.3 Å². The van der Waals surface area contributed by atoms with Gasteiger partial charge in [-0.1, -0.05) is 29.4 Å². The van der Waals surface area contributed by atoms with E-state index in [1.54, 1.807) is 6.07 Å². The van der Waals surface area contributed by atoms with E-state index in [-0.39, 0.29) is 12.5 Å². The molecule has 5 nitrogen and oxygen atoms in total. The third kappa shape index (κ3) is 5.02. The van der Waals surface area contributed by atoms with Crippen molar-refractivity contribution < 1.29 is 18.0 Å². The summed E-state index contributed by atoms with van der Waals surface area (Å²) in [7, 11) is 0. The summed E-state index contributed by atoms with van der Waals surface area (Å²) in [4.78, 5) is 15.5. The molecule has 2 rings (SSSR count). The molecule has 0 radical (unpaired) electrons. The second-order valence-corrected chi connectivity index (χ2v) is 6.65. The number of amides is 1. The maximum Gasteiger partial charge on any atom is 0.416 e. The van der Waals surface area contributed by atoms with Crippen LogP contribution in [0, 0.1) is 5.41 Å². The SMILES string of the molecule is C=C1CCC(CCCN=[N+]=[N-])(C(=O)NCc2cccc(C(F)(F)F)c2)C1. The predicted octanol–water partition coefficient (Wildman–Crippen LogP) is 5.14. The number of carbonyl (C=O) groups is 1. The highest BCUT2D eigenvalue weighted by molar-refractivity contribution is 5.83. The first-order valence-corrected chi connectivity index (χ1v) is 8.39. The van der Waals surface area contributed by atoms with E-state index in [2.05, 4.69) is 21.9 Å². The van der Waals surface area contributed by atoms with Crippen LogP contribution in [0.1, 0.15) is 43.2 Å². The normalized spacial score (nSPS) is 19.9. The van der Waals surface area contributed by atoms with Crippen LogP contribution in [-0.2, 0) is 17.5 Å². The Morgan fingerprint density at radius 1 is 1.42 bits per heavy atom. The van der Waals surface area contributed by atoms with Crippen LogP contribution >= 0.6 is 0 Å². The fraction of sp³-hybridized carbons (Fsp3) is 0.500. The van der Waals surface area contributed by atoms with Gasteiger partial charge < -0.3 is 5.32 Å². The van der Waals surface area contributed by atoms with Crippen molar-refractivity contribution in [3.05, 3.63) is 58.0 Å². The van der Waals surface area contributed by atoms with Crippen molar-refractivity contribution in [2.75, 3.05) is 6.54 Å². The highest BCUT2D eigenvalue weighted by atomic mass is 19.4. The molecular weight excluding hydrogens is 345 g/mol. The summed E-state index contributed by atoms with van der Waals surface area (Å²) in [5.41, 5.74) is 8.38. The summed E-state index contributed by atoms with van der Waals surface area (Å²) in [6, 6.07) is 4.93. The van der Waals surface area contributed by atoms with Gasteiger partial charge in [0.25, 0.3) is 0 Å². The molecule has 140 valence electrons. The number of azide groups is 1. The Hall–Kier alpha value is -2.47. The lowest BCUT2D eigenvalue weighted by atomic mass is 9.80. The van der Waals surface area contributed by atoms with E-state index < -0.39 is 17.2 Å². The van der Waals surface area contributed by atoms with Gasteiger partial charge in [-0.2, -0.15) is 13.2 Å². The Kier molecular flexibility index (Phi) is 6.32. The summed E-state index contributed by atoms with van der Waals surface area (Å²) < 4.78 is 38.4. The predicted molar refractivity (Wildman–Crippen MR) is 92.0 cm³/mol. The van der Waals surface area contributed by atoms with Crippen LogP contribution in [-0.4, -0.2) is 12.5 Å². The van der Waals surface area contributed by atoms with Crippen molar-refractivity contribution >= 4 is 5.91 Å². The Labute approximate surface area is 149 Å². The molecule has 1 aromatic carbocycles. The molecule has 0 spiro atoms. The molecule has 1 aliphatic rings.